The van der Waals surface area contributed by atoms with E-state index in [4.69, 9.17) is 5.21 Å². The SMILES string of the molecule is CCCC(CCC)C(=O)N(C)O. The zero-order valence-electron chi connectivity index (χ0n) is 8.21. The topological polar surface area (TPSA) is 40.5 Å². The van der Waals surface area contributed by atoms with Gasteiger partial charge >= 0.3 is 0 Å². The third-order valence-electron chi connectivity index (χ3n) is 1.94. The zero-order valence-corrected chi connectivity index (χ0v) is 8.21. The Hall–Kier alpha value is -0.570. The van der Waals surface area contributed by atoms with Crippen LogP contribution in [0.25, 0.3) is 0 Å². The summed E-state index contributed by atoms with van der Waals surface area (Å²) in [4.78, 5) is 11.3. The number of carbonyl (C=O) groups is 1. The van der Waals surface area contributed by atoms with Gasteiger partial charge in [-0.2, -0.15) is 0 Å². The fourth-order valence-electron chi connectivity index (χ4n) is 1.35. The summed E-state index contributed by atoms with van der Waals surface area (Å²) in [5, 5.41) is 9.63. The van der Waals surface area contributed by atoms with Crippen molar-refractivity contribution in [2.24, 2.45) is 5.92 Å². The highest BCUT2D eigenvalue weighted by atomic mass is 16.5. The summed E-state index contributed by atoms with van der Waals surface area (Å²) in [6.45, 7) is 4.10. The monoisotopic (exact) mass is 173 g/mol. The predicted molar refractivity (Wildman–Crippen MR) is 47.9 cm³/mol. The van der Waals surface area contributed by atoms with Crippen molar-refractivity contribution in [2.75, 3.05) is 7.05 Å². The summed E-state index contributed by atoms with van der Waals surface area (Å²) in [5.41, 5.74) is 0. The Morgan fingerprint density at radius 1 is 1.33 bits per heavy atom. The van der Waals surface area contributed by atoms with Crippen molar-refractivity contribution in [1.82, 2.24) is 5.06 Å². The molecule has 0 bridgehead atoms. The highest BCUT2D eigenvalue weighted by Crippen LogP contribution is 2.15. The van der Waals surface area contributed by atoms with Gasteiger partial charge in [-0.1, -0.05) is 26.7 Å². The van der Waals surface area contributed by atoms with Crippen molar-refractivity contribution < 1.29 is 10.0 Å². The molecule has 0 radical (unpaired) electrons. The largest absolute Gasteiger partial charge is 0.286 e. The quantitative estimate of drug-likeness (QED) is 0.510. The highest BCUT2D eigenvalue weighted by molar-refractivity contribution is 5.77. The van der Waals surface area contributed by atoms with Crippen LogP contribution in [0, 0.1) is 5.92 Å². The Morgan fingerprint density at radius 3 is 2.00 bits per heavy atom. The first-order valence-electron chi connectivity index (χ1n) is 4.59. The van der Waals surface area contributed by atoms with E-state index in [9.17, 15) is 4.79 Å². The van der Waals surface area contributed by atoms with Crippen LogP contribution in [0.3, 0.4) is 0 Å². The van der Waals surface area contributed by atoms with Gasteiger partial charge in [0.25, 0.3) is 0 Å². The molecule has 0 spiro atoms. The second kappa shape index (κ2) is 6.00. The summed E-state index contributed by atoms with van der Waals surface area (Å²) < 4.78 is 0. The first kappa shape index (κ1) is 11.4. The molecule has 1 N–H and O–H groups in total. The van der Waals surface area contributed by atoms with Crippen molar-refractivity contribution >= 4 is 5.91 Å². The molecule has 0 aliphatic heterocycles. The molecule has 1 amide bonds. The molecule has 3 nitrogen and oxygen atoms in total. The Morgan fingerprint density at radius 2 is 1.75 bits per heavy atom. The first-order valence-corrected chi connectivity index (χ1v) is 4.59. The molecular formula is C9H19NO2. The lowest BCUT2D eigenvalue weighted by atomic mass is 9.97. The van der Waals surface area contributed by atoms with Gasteiger partial charge in [0.1, 0.15) is 0 Å². The van der Waals surface area contributed by atoms with E-state index in [1.54, 1.807) is 0 Å². The molecule has 0 fully saturated rings. The minimum Gasteiger partial charge on any atom is -0.286 e. The molecule has 0 aromatic carbocycles. The number of rotatable bonds is 5. The third-order valence-corrected chi connectivity index (χ3v) is 1.94. The van der Waals surface area contributed by atoms with Crippen LogP contribution >= 0.6 is 0 Å². The van der Waals surface area contributed by atoms with Crippen LogP contribution in [0.5, 0.6) is 0 Å². The Labute approximate surface area is 74.3 Å². The van der Waals surface area contributed by atoms with Gasteiger partial charge < -0.3 is 0 Å². The molecule has 12 heavy (non-hydrogen) atoms. The second-order valence-corrected chi connectivity index (χ2v) is 3.14. The van der Waals surface area contributed by atoms with Crippen LogP contribution in [-0.2, 0) is 4.79 Å². The van der Waals surface area contributed by atoms with Crippen LogP contribution in [0.1, 0.15) is 39.5 Å². The van der Waals surface area contributed by atoms with E-state index in [2.05, 4.69) is 0 Å². The minimum atomic E-state index is -0.154. The number of hydroxylamine groups is 2. The molecule has 0 aromatic heterocycles. The molecule has 0 unspecified atom stereocenters. The molecule has 0 saturated carbocycles. The maximum atomic E-state index is 11.3. The first-order chi connectivity index (χ1) is 5.63. The molecule has 3 heteroatoms. The highest BCUT2D eigenvalue weighted by Gasteiger charge is 2.18. The van der Waals surface area contributed by atoms with Crippen molar-refractivity contribution in [1.29, 1.82) is 0 Å². The van der Waals surface area contributed by atoms with E-state index in [0.717, 1.165) is 25.7 Å². The minimum absolute atomic E-state index is 0.00926. The molecular weight excluding hydrogens is 154 g/mol. The van der Waals surface area contributed by atoms with Crippen molar-refractivity contribution in [2.45, 2.75) is 39.5 Å². The molecule has 0 heterocycles. The molecule has 0 rings (SSSR count). The number of hydrogen-bond donors (Lipinski definition) is 1. The van der Waals surface area contributed by atoms with Gasteiger partial charge in [-0.15, -0.1) is 0 Å². The van der Waals surface area contributed by atoms with Crippen molar-refractivity contribution in [3.63, 3.8) is 0 Å². The second-order valence-electron chi connectivity index (χ2n) is 3.14. The van der Waals surface area contributed by atoms with Gasteiger partial charge in [-0.3, -0.25) is 10.0 Å². The Bertz CT molecular complexity index is 128. The Balaban J connectivity index is 3.99. The van der Waals surface area contributed by atoms with Gasteiger partial charge in [-0.25, -0.2) is 5.06 Å². The summed E-state index contributed by atoms with van der Waals surface area (Å²) in [5.74, 6) is -0.145. The van der Waals surface area contributed by atoms with Crippen molar-refractivity contribution in [3.8, 4) is 0 Å². The lowest BCUT2D eigenvalue weighted by Gasteiger charge is -2.17. The number of carbonyl (C=O) groups excluding carboxylic acids is 1. The van der Waals surface area contributed by atoms with Gasteiger partial charge in [0.2, 0.25) is 5.91 Å². The van der Waals surface area contributed by atoms with Crippen LogP contribution in [0.15, 0.2) is 0 Å². The van der Waals surface area contributed by atoms with Crippen LogP contribution in [-0.4, -0.2) is 23.2 Å². The number of hydrogen-bond acceptors (Lipinski definition) is 2. The van der Waals surface area contributed by atoms with Gasteiger partial charge in [0, 0.05) is 13.0 Å². The lowest BCUT2D eigenvalue weighted by molar-refractivity contribution is -0.164. The molecule has 0 aliphatic carbocycles. The standard InChI is InChI=1S/C9H19NO2/c1-4-6-8(7-5-2)9(11)10(3)12/h8,12H,4-7H2,1-3H3. The van der Waals surface area contributed by atoms with Gasteiger partial charge in [0.05, 0.1) is 0 Å². The normalized spacial score (nSPS) is 10.4. The smallest absolute Gasteiger partial charge is 0.248 e. The molecule has 0 saturated heterocycles. The van der Waals surface area contributed by atoms with Crippen LogP contribution in [0.4, 0.5) is 0 Å². The maximum absolute atomic E-state index is 11.3. The van der Waals surface area contributed by atoms with Crippen LogP contribution < -0.4 is 0 Å². The summed E-state index contributed by atoms with van der Waals surface area (Å²) in [6.07, 6.45) is 3.73. The summed E-state index contributed by atoms with van der Waals surface area (Å²) >= 11 is 0. The van der Waals surface area contributed by atoms with E-state index in [-0.39, 0.29) is 11.8 Å². The summed E-state index contributed by atoms with van der Waals surface area (Å²) in [6, 6.07) is 0. The molecule has 0 aromatic rings. The molecule has 0 atom stereocenters. The Kier molecular flexibility index (Phi) is 5.72. The maximum Gasteiger partial charge on any atom is 0.248 e. The average Bonchev–Trinajstić information content (AvgIpc) is 2.03. The fourth-order valence-corrected chi connectivity index (χ4v) is 1.35. The van der Waals surface area contributed by atoms with Crippen molar-refractivity contribution in [3.05, 3.63) is 0 Å². The predicted octanol–water partition coefficient (Wildman–Crippen LogP) is 2.05. The van der Waals surface area contributed by atoms with E-state index < -0.39 is 0 Å². The van der Waals surface area contributed by atoms with Gasteiger partial charge in [-0.05, 0) is 12.8 Å². The van der Waals surface area contributed by atoms with E-state index in [1.165, 1.54) is 7.05 Å². The van der Waals surface area contributed by atoms with Gasteiger partial charge in [0.15, 0.2) is 0 Å². The fraction of sp³-hybridized carbons (Fsp3) is 0.889. The summed E-state index contributed by atoms with van der Waals surface area (Å²) in [7, 11) is 1.39. The third kappa shape index (κ3) is 3.72. The number of amides is 1. The molecule has 0 aliphatic rings. The van der Waals surface area contributed by atoms with E-state index in [1.807, 2.05) is 13.8 Å². The average molecular weight is 173 g/mol. The lowest BCUT2D eigenvalue weighted by Crippen LogP contribution is -2.30. The van der Waals surface area contributed by atoms with E-state index >= 15 is 0 Å². The van der Waals surface area contributed by atoms with Crippen LogP contribution in [0.2, 0.25) is 0 Å². The number of nitrogens with zero attached hydrogens (tertiary/aromatic N) is 1. The molecule has 72 valence electrons. The van der Waals surface area contributed by atoms with E-state index in [0.29, 0.717) is 5.06 Å². The zero-order chi connectivity index (χ0) is 9.56.